The Kier molecular flexibility index (Phi) is 4.00. The fraction of sp³-hybridized carbons (Fsp3) is 0.500. The van der Waals surface area contributed by atoms with Crippen LogP contribution in [0.15, 0.2) is 24.3 Å². The van der Waals surface area contributed by atoms with Crippen molar-refractivity contribution in [1.82, 2.24) is 0 Å². The molecule has 0 N–H and O–H groups in total. The lowest BCUT2D eigenvalue weighted by molar-refractivity contribution is 0.745. The van der Waals surface area contributed by atoms with E-state index < -0.39 is 0 Å². The molecule has 55 valence electrons. The highest BCUT2D eigenvalue weighted by atomic mass is 13.9. The average molecular weight is 135 g/mol. The summed E-state index contributed by atoms with van der Waals surface area (Å²) >= 11 is 0. The summed E-state index contributed by atoms with van der Waals surface area (Å²) in [6.07, 6.45) is 17.5. The zero-order chi connectivity index (χ0) is 7.07. The first-order chi connectivity index (χ1) is 5.00. The lowest BCUT2D eigenvalue weighted by Crippen LogP contribution is -1.77. The van der Waals surface area contributed by atoms with Gasteiger partial charge < -0.3 is 0 Å². The van der Waals surface area contributed by atoms with Crippen molar-refractivity contribution in [3.8, 4) is 0 Å². The molecule has 0 saturated heterocycles. The Labute approximate surface area is 63.6 Å². The highest BCUT2D eigenvalue weighted by Gasteiger charge is 1.87. The molecule has 1 radical (unpaired) electrons. The Morgan fingerprint density at radius 3 is 2.70 bits per heavy atom. The SMILES string of the molecule is [CH]1/C=C\C/C=C\CCCC1. The second-order valence-electron chi connectivity index (χ2n) is 2.66. The van der Waals surface area contributed by atoms with Gasteiger partial charge in [-0.05, 0) is 32.1 Å². The van der Waals surface area contributed by atoms with Gasteiger partial charge in [0, 0.05) is 0 Å². The molecule has 0 spiro atoms. The standard InChI is InChI=1S/C10H15/c1-2-4-6-8-10-9-7-5-3-1/h1-3,6,8H,4-5,7,9-10H2/b2-1-,8-6-. The summed E-state index contributed by atoms with van der Waals surface area (Å²) in [6.45, 7) is 0. The third-order valence-electron chi connectivity index (χ3n) is 1.70. The Hall–Kier alpha value is -0.520. The molecule has 0 aliphatic heterocycles. The van der Waals surface area contributed by atoms with Crippen LogP contribution in [0.2, 0.25) is 0 Å². The van der Waals surface area contributed by atoms with E-state index in [1.54, 1.807) is 0 Å². The highest BCUT2D eigenvalue weighted by molar-refractivity contribution is 5.00. The van der Waals surface area contributed by atoms with Crippen LogP contribution in [-0.2, 0) is 0 Å². The maximum atomic E-state index is 2.29. The van der Waals surface area contributed by atoms with Crippen LogP contribution in [0.1, 0.15) is 32.1 Å². The van der Waals surface area contributed by atoms with Crippen molar-refractivity contribution < 1.29 is 0 Å². The van der Waals surface area contributed by atoms with Gasteiger partial charge in [-0.25, -0.2) is 0 Å². The molecular formula is C10H15. The van der Waals surface area contributed by atoms with Crippen LogP contribution in [0.5, 0.6) is 0 Å². The molecule has 0 bridgehead atoms. The molecular weight excluding hydrogens is 120 g/mol. The molecule has 10 heavy (non-hydrogen) atoms. The summed E-state index contributed by atoms with van der Waals surface area (Å²) in [4.78, 5) is 0. The van der Waals surface area contributed by atoms with Gasteiger partial charge in [0.2, 0.25) is 0 Å². The van der Waals surface area contributed by atoms with Gasteiger partial charge in [0.1, 0.15) is 0 Å². The van der Waals surface area contributed by atoms with E-state index in [0.717, 1.165) is 6.42 Å². The van der Waals surface area contributed by atoms with Crippen LogP contribution in [0.3, 0.4) is 0 Å². The smallest absolute Gasteiger partial charge is 0.0169 e. The lowest BCUT2D eigenvalue weighted by atomic mass is 10.1. The zero-order valence-corrected chi connectivity index (χ0v) is 6.42. The van der Waals surface area contributed by atoms with Gasteiger partial charge in [0.15, 0.2) is 0 Å². The summed E-state index contributed by atoms with van der Waals surface area (Å²) in [7, 11) is 0. The average Bonchev–Trinajstić information content (AvgIpc) is 2.01. The van der Waals surface area contributed by atoms with Crippen molar-refractivity contribution in [3.05, 3.63) is 30.7 Å². The molecule has 1 aliphatic rings. The minimum absolute atomic E-state index is 1.11. The summed E-state index contributed by atoms with van der Waals surface area (Å²) in [5.41, 5.74) is 0. The first kappa shape index (κ1) is 7.59. The molecule has 0 aromatic heterocycles. The second-order valence-corrected chi connectivity index (χ2v) is 2.66. The minimum Gasteiger partial charge on any atom is -0.0882 e. The van der Waals surface area contributed by atoms with Gasteiger partial charge in [-0.15, -0.1) is 0 Å². The molecule has 1 rings (SSSR count). The quantitative estimate of drug-likeness (QED) is 0.447. The molecule has 0 saturated carbocycles. The van der Waals surface area contributed by atoms with Crippen molar-refractivity contribution in [2.75, 3.05) is 0 Å². The van der Waals surface area contributed by atoms with E-state index in [1.165, 1.54) is 25.7 Å². The largest absolute Gasteiger partial charge is 0.0882 e. The summed E-state index contributed by atoms with van der Waals surface area (Å²) in [6, 6.07) is 0. The van der Waals surface area contributed by atoms with Crippen LogP contribution in [0.25, 0.3) is 0 Å². The Morgan fingerprint density at radius 1 is 0.800 bits per heavy atom. The monoisotopic (exact) mass is 135 g/mol. The molecule has 0 heterocycles. The third kappa shape index (κ3) is 3.49. The van der Waals surface area contributed by atoms with Crippen LogP contribution in [0, 0.1) is 6.42 Å². The van der Waals surface area contributed by atoms with Crippen LogP contribution < -0.4 is 0 Å². The number of hydrogen-bond acceptors (Lipinski definition) is 0. The molecule has 1 aliphatic carbocycles. The van der Waals surface area contributed by atoms with Gasteiger partial charge in [-0.3, -0.25) is 0 Å². The fourth-order valence-electron chi connectivity index (χ4n) is 1.09. The van der Waals surface area contributed by atoms with Crippen molar-refractivity contribution in [2.45, 2.75) is 32.1 Å². The molecule has 0 nitrogen and oxygen atoms in total. The van der Waals surface area contributed by atoms with Crippen molar-refractivity contribution in [1.29, 1.82) is 0 Å². The molecule has 0 fully saturated rings. The van der Waals surface area contributed by atoms with Crippen molar-refractivity contribution in [3.63, 3.8) is 0 Å². The van der Waals surface area contributed by atoms with Gasteiger partial charge in [0.05, 0.1) is 0 Å². The van der Waals surface area contributed by atoms with Crippen molar-refractivity contribution >= 4 is 0 Å². The van der Waals surface area contributed by atoms with E-state index in [1.807, 2.05) is 0 Å². The van der Waals surface area contributed by atoms with Crippen molar-refractivity contribution in [2.24, 2.45) is 0 Å². The second kappa shape index (κ2) is 5.28. The Balaban J connectivity index is 2.25. The van der Waals surface area contributed by atoms with Crippen LogP contribution >= 0.6 is 0 Å². The summed E-state index contributed by atoms with van der Waals surface area (Å²) < 4.78 is 0. The Morgan fingerprint density at radius 2 is 1.70 bits per heavy atom. The first-order valence-electron chi connectivity index (χ1n) is 4.13. The van der Waals surface area contributed by atoms with E-state index in [4.69, 9.17) is 0 Å². The van der Waals surface area contributed by atoms with Crippen LogP contribution in [0.4, 0.5) is 0 Å². The number of hydrogen-bond donors (Lipinski definition) is 0. The zero-order valence-electron chi connectivity index (χ0n) is 6.42. The van der Waals surface area contributed by atoms with Gasteiger partial charge in [-0.1, -0.05) is 30.7 Å². The van der Waals surface area contributed by atoms with E-state index in [2.05, 4.69) is 30.7 Å². The predicted molar refractivity (Wildman–Crippen MR) is 45.7 cm³/mol. The predicted octanol–water partition coefficient (Wildman–Crippen LogP) is 3.27. The summed E-state index contributed by atoms with van der Waals surface area (Å²) in [5.74, 6) is 0. The Bertz CT molecular complexity index is 106. The molecule has 0 atom stereocenters. The molecule has 0 unspecified atom stereocenters. The van der Waals surface area contributed by atoms with Crippen LogP contribution in [-0.4, -0.2) is 0 Å². The molecule has 0 amide bonds. The van der Waals surface area contributed by atoms with Gasteiger partial charge in [-0.2, -0.15) is 0 Å². The first-order valence-corrected chi connectivity index (χ1v) is 4.13. The normalized spacial score (nSPS) is 27.2. The van der Waals surface area contributed by atoms with E-state index in [-0.39, 0.29) is 0 Å². The maximum Gasteiger partial charge on any atom is -0.0169 e. The third-order valence-corrected chi connectivity index (χ3v) is 1.70. The van der Waals surface area contributed by atoms with E-state index in [9.17, 15) is 0 Å². The van der Waals surface area contributed by atoms with Gasteiger partial charge in [0.25, 0.3) is 0 Å². The topological polar surface area (TPSA) is 0 Å². The summed E-state index contributed by atoms with van der Waals surface area (Å²) in [5, 5.41) is 0. The fourth-order valence-corrected chi connectivity index (χ4v) is 1.09. The molecule has 0 heteroatoms. The van der Waals surface area contributed by atoms with E-state index in [0.29, 0.717) is 0 Å². The number of allylic oxidation sites excluding steroid dienone is 4. The molecule has 0 aromatic rings. The highest BCUT2D eigenvalue weighted by Crippen LogP contribution is 2.06. The molecule has 0 aromatic carbocycles. The van der Waals surface area contributed by atoms with Gasteiger partial charge >= 0.3 is 0 Å². The van der Waals surface area contributed by atoms with E-state index >= 15 is 0 Å². The number of rotatable bonds is 0. The minimum atomic E-state index is 1.11. The lowest BCUT2D eigenvalue weighted by Gasteiger charge is -1.96. The maximum absolute atomic E-state index is 2.29.